The van der Waals surface area contributed by atoms with Crippen LogP contribution in [0.2, 0.25) is 0 Å². The second-order valence-electron chi connectivity index (χ2n) is 3.73. The summed E-state index contributed by atoms with van der Waals surface area (Å²) in [4.78, 5) is 11.3. The molecular formula is C13H17N4O+. The van der Waals surface area contributed by atoms with Crippen LogP contribution in [-0.2, 0) is 4.79 Å². The monoisotopic (exact) mass is 245 g/mol. The molecule has 0 atom stereocenters. The van der Waals surface area contributed by atoms with Gasteiger partial charge in [-0.15, -0.1) is 0 Å². The lowest BCUT2D eigenvalue weighted by Gasteiger charge is -2.04. The fourth-order valence-corrected chi connectivity index (χ4v) is 1.30. The number of carbonyl (C=O) groups excluding carboxylic acids is 1. The number of anilines is 1. The largest absolute Gasteiger partial charge is 0.384 e. The fourth-order valence-electron chi connectivity index (χ4n) is 1.30. The highest BCUT2D eigenvalue weighted by Crippen LogP contribution is 2.11. The van der Waals surface area contributed by atoms with Crippen molar-refractivity contribution in [2.75, 3.05) is 5.32 Å². The first-order valence-electron chi connectivity index (χ1n) is 5.57. The molecule has 18 heavy (non-hydrogen) atoms. The predicted octanol–water partition coefficient (Wildman–Crippen LogP) is 0.0755. The number of rotatable bonds is 5. The van der Waals surface area contributed by atoms with Crippen molar-refractivity contribution >= 4 is 23.1 Å². The van der Waals surface area contributed by atoms with E-state index in [0.717, 1.165) is 5.56 Å². The molecule has 0 heterocycles. The highest BCUT2D eigenvalue weighted by Gasteiger charge is 2.05. The molecule has 0 aromatic heterocycles. The second-order valence-corrected chi connectivity index (χ2v) is 3.73. The van der Waals surface area contributed by atoms with Crippen molar-refractivity contribution < 1.29 is 10.2 Å². The number of allylic oxidation sites excluding steroid dienone is 1. The Hall–Kier alpha value is -2.43. The molecule has 1 amide bonds. The van der Waals surface area contributed by atoms with Crippen molar-refractivity contribution in [3.8, 4) is 0 Å². The topological polar surface area (TPSA) is 105 Å². The van der Waals surface area contributed by atoms with E-state index in [1.165, 1.54) is 6.08 Å². The summed E-state index contributed by atoms with van der Waals surface area (Å²) in [6.45, 7) is 1.79. The maximum Gasteiger partial charge on any atom is 0.224 e. The lowest BCUT2D eigenvalue weighted by molar-refractivity contribution is -0.116. The normalized spacial score (nSPS) is 10.3. The van der Waals surface area contributed by atoms with Crippen molar-refractivity contribution in [2.24, 2.45) is 5.73 Å². The Morgan fingerprint density at radius 3 is 2.83 bits per heavy atom. The van der Waals surface area contributed by atoms with Gasteiger partial charge >= 0.3 is 0 Å². The van der Waals surface area contributed by atoms with E-state index in [-0.39, 0.29) is 11.7 Å². The van der Waals surface area contributed by atoms with E-state index in [9.17, 15) is 4.79 Å². The molecule has 6 N–H and O–H groups in total. The van der Waals surface area contributed by atoms with E-state index < -0.39 is 0 Å². The summed E-state index contributed by atoms with van der Waals surface area (Å²) in [5.74, 6) is -0.113. The molecule has 0 fully saturated rings. The van der Waals surface area contributed by atoms with Crippen molar-refractivity contribution in [3.63, 3.8) is 0 Å². The van der Waals surface area contributed by atoms with Gasteiger partial charge in [0.2, 0.25) is 11.6 Å². The third kappa shape index (κ3) is 4.21. The Labute approximate surface area is 106 Å². The fraction of sp³-hybridized carbons (Fsp3) is 0.154. The summed E-state index contributed by atoms with van der Waals surface area (Å²) in [5.41, 5.74) is 7.15. The molecule has 0 aliphatic carbocycles. The molecular weight excluding hydrogens is 228 g/mol. The molecule has 5 nitrogen and oxygen atoms in total. The number of amidine groups is 1. The van der Waals surface area contributed by atoms with Gasteiger partial charge in [-0.05, 0) is 24.3 Å². The molecule has 0 saturated heterocycles. The van der Waals surface area contributed by atoms with Gasteiger partial charge < -0.3 is 11.1 Å². The van der Waals surface area contributed by atoms with Crippen LogP contribution in [-0.4, -0.2) is 17.5 Å². The molecule has 0 bridgehead atoms. The zero-order valence-corrected chi connectivity index (χ0v) is 10.2. The van der Waals surface area contributed by atoms with E-state index >= 15 is 0 Å². The Kier molecular flexibility index (Phi) is 4.80. The third-order valence-electron chi connectivity index (χ3n) is 2.24. The number of nitrogens with two attached hydrogens (primary N) is 2. The first-order valence-corrected chi connectivity index (χ1v) is 5.57. The predicted molar refractivity (Wildman–Crippen MR) is 72.5 cm³/mol. The SMILES string of the molecule is CCC(=O)Nc1cccc(C(=[NH2+])/C=C\C(=N)N)c1. The second kappa shape index (κ2) is 6.34. The van der Waals surface area contributed by atoms with Crippen LogP contribution in [0.1, 0.15) is 18.9 Å². The van der Waals surface area contributed by atoms with Gasteiger partial charge in [0.25, 0.3) is 0 Å². The lowest BCUT2D eigenvalue weighted by Crippen LogP contribution is -2.39. The number of amides is 1. The summed E-state index contributed by atoms with van der Waals surface area (Å²) >= 11 is 0. The first-order chi connectivity index (χ1) is 8.52. The van der Waals surface area contributed by atoms with Crippen molar-refractivity contribution in [3.05, 3.63) is 42.0 Å². The van der Waals surface area contributed by atoms with Gasteiger partial charge in [-0.1, -0.05) is 13.0 Å². The highest BCUT2D eigenvalue weighted by molar-refractivity contribution is 6.08. The van der Waals surface area contributed by atoms with Gasteiger partial charge in [-0.2, -0.15) is 0 Å². The Morgan fingerprint density at radius 1 is 1.50 bits per heavy atom. The first kappa shape index (κ1) is 13.6. The summed E-state index contributed by atoms with van der Waals surface area (Å²) in [7, 11) is 0. The van der Waals surface area contributed by atoms with Crippen LogP contribution < -0.4 is 16.5 Å². The van der Waals surface area contributed by atoms with E-state index in [2.05, 4.69) is 5.32 Å². The number of benzene rings is 1. The molecule has 0 aliphatic heterocycles. The molecule has 5 heteroatoms. The number of carbonyl (C=O) groups is 1. The summed E-state index contributed by atoms with van der Waals surface area (Å²) < 4.78 is 0. The minimum absolute atomic E-state index is 0.0509. The Bertz CT molecular complexity index is 505. The molecule has 0 unspecified atom stereocenters. The van der Waals surface area contributed by atoms with Gasteiger partial charge in [-0.25, -0.2) is 0 Å². The molecule has 0 radical (unpaired) electrons. The quantitative estimate of drug-likeness (QED) is 0.435. The molecule has 0 spiro atoms. The van der Waals surface area contributed by atoms with Crippen LogP contribution >= 0.6 is 0 Å². The minimum atomic E-state index is -0.0617. The van der Waals surface area contributed by atoms with Gasteiger partial charge in [0.15, 0.2) is 0 Å². The summed E-state index contributed by atoms with van der Waals surface area (Å²) in [6, 6.07) is 7.18. The standard InChI is InChI=1S/C13H16N4O/c1-2-13(18)17-10-5-3-4-9(8-10)11(14)6-7-12(15)16/h3-8,14H,2H2,1H3,(H3,15,16)(H,17,18)/p+1/b7-6-,14-11?. The molecule has 1 rings (SSSR count). The highest BCUT2D eigenvalue weighted by atomic mass is 16.1. The average molecular weight is 245 g/mol. The van der Waals surface area contributed by atoms with Gasteiger partial charge in [0.05, 0.1) is 0 Å². The molecule has 0 saturated carbocycles. The van der Waals surface area contributed by atoms with Gasteiger partial charge in [0, 0.05) is 23.7 Å². The summed E-state index contributed by atoms with van der Waals surface area (Å²) in [5, 5.41) is 15.7. The maximum absolute atomic E-state index is 11.3. The molecule has 1 aromatic carbocycles. The van der Waals surface area contributed by atoms with E-state index in [1.807, 2.05) is 6.07 Å². The zero-order chi connectivity index (χ0) is 13.5. The Morgan fingerprint density at radius 2 is 2.22 bits per heavy atom. The minimum Gasteiger partial charge on any atom is -0.384 e. The van der Waals surface area contributed by atoms with Crippen LogP contribution in [0.15, 0.2) is 36.4 Å². The van der Waals surface area contributed by atoms with Crippen molar-refractivity contribution in [2.45, 2.75) is 13.3 Å². The van der Waals surface area contributed by atoms with E-state index in [4.69, 9.17) is 16.6 Å². The van der Waals surface area contributed by atoms with Crippen LogP contribution in [0.5, 0.6) is 0 Å². The number of hydrogen-bond acceptors (Lipinski definition) is 2. The van der Waals surface area contributed by atoms with Crippen molar-refractivity contribution in [1.29, 1.82) is 5.41 Å². The third-order valence-corrected chi connectivity index (χ3v) is 2.24. The molecule has 0 aliphatic rings. The number of nitrogens with one attached hydrogen (secondary N) is 2. The van der Waals surface area contributed by atoms with Crippen LogP contribution in [0.4, 0.5) is 5.69 Å². The summed E-state index contributed by atoms with van der Waals surface area (Å²) in [6.07, 6.45) is 3.39. The lowest BCUT2D eigenvalue weighted by atomic mass is 10.1. The van der Waals surface area contributed by atoms with E-state index in [1.54, 1.807) is 31.2 Å². The van der Waals surface area contributed by atoms with Gasteiger partial charge in [-0.3, -0.25) is 15.6 Å². The van der Waals surface area contributed by atoms with Crippen LogP contribution in [0.25, 0.3) is 0 Å². The van der Waals surface area contributed by atoms with Crippen LogP contribution in [0, 0.1) is 5.41 Å². The molecule has 1 aromatic rings. The average Bonchev–Trinajstić information content (AvgIpc) is 2.36. The zero-order valence-electron chi connectivity index (χ0n) is 10.2. The van der Waals surface area contributed by atoms with Gasteiger partial charge in [0.1, 0.15) is 5.84 Å². The maximum atomic E-state index is 11.3. The van der Waals surface area contributed by atoms with E-state index in [0.29, 0.717) is 17.8 Å². The van der Waals surface area contributed by atoms with Crippen molar-refractivity contribution in [1.82, 2.24) is 0 Å². The Balaban J connectivity index is 2.84. The smallest absolute Gasteiger partial charge is 0.224 e. The molecule has 94 valence electrons. The van der Waals surface area contributed by atoms with Crippen LogP contribution in [0.3, 0.4) is 0 Å². The number of hydrogen-bond donors (Lipinski definition) is 4.